The number of methoxy groups -OCH3 is 1. The second kappa shape index (κ2) is 10.1. The standard InChI is InChI=1S/C21H32N6O/c1-4-22-21(23-15-18-10-11-25-26(18)2)24-16-20(27-12-5-6-13-27)17-8-7-9-19(14-17)28-3/h7-11,14,20H,4-6,12-13,15-16H2,1-3H3,(H2,22,23,24). The summed E-state index contributed by atoms with van der Waals surface area (Å²) in [6, 6.07) is 10.7. The van der Waals surface area contributed by atoms with Crippen molar-refractivity contribution >= 4 is 5.96 Å². The van der Waals surface area contributed by atoms with Gasteiger partial charge in [0.25, 0.3) is 0 Å². The lowest BCUT2D eigenvalue weighted by atomic mass is 10.1. The van der Waals surface area contributed by atoms with Crippen LogP contribution in [0.1, 0.15) is 37.1 Å². The zero-order chi connectivity index (χ0) is 19.8. The molecule has 1 fully saturated rings. The highest BCUT2D eigenvalue weighted by molar-refractivity contribution is 5.79. The normalized spacial score (nSPS) is 16.2. The van der Waals surface area contributed by atoms with Crippen LogP contribution in [-0.4, -0.2) is 53.9 Å². The van der Waals surface area contributed by atoms with Gasteiger partial charge in [0.2, 0.25) is 0 Å². The highest BCUT2D eigenvalue weighted by Crippen LogP contribution is 2.27. The fraction of sp³-hybridized carbons (Fsp3) is 0.524. The van der Waals surface area contributed by atoms with Crippen molar-refractivity contribution in [3.05, 3.63) is 47.8 Å². The van der Waals surface area contributed by atoms with E-state index in [4.69, 9.17) is 9.73 Å². The molecule has 1 saturated heterocycles. The first-order valence-corrected chi connectivity index (χ1v) is 10.1. The van der Waals surface area contributed by atoms with Gasteiger partial charge in [-0.2, -0.15) is 5.10 Å². The molecule has 1 aromatic carbocycles. The lowest BCUT2D eigenvalue weighted by Gasteiger charge is -2.29. The van der Waals surface area contributed by atoms with Gasteiger partial charge in [-0.25, -0.2) is 4.99 Å². The minimum atomic E-state index is 0.290. The van der Waals surface area contributed by atoms with Crippen molar-refractivity contribution in [3.63, 3.8) is 0 Å². The number of aryl methyl sites for hydroxylation is 1. The van der Waals surface area contributed by atoms with E-state index in [-0.39, 0.29) is 6.04 Å². The molecule has 1 atom stereocenters. The summed E-state index contributed by atoms with van der Waals surface area (Å²) in [5.41, 5.74) is 2.36. The van der Waals surface area contributed by atoms with Crippen molar-refractivity contribution < 1.29 is 4.74 Å². The molecule has 2 N–H and O–H groups in total. The number of aliphatic imine (C=N–C) groups is 1. The predicted molar refractivity (Wildman–Crippen MR) is 113 cm³/mol. The molecule has 1 aliphatic heterocycles. The molecule has 0 radical (unpaired) electrons. The maximum Gasteiger partial charge on any atom is 0.191 e. The van der Waals surface area contributed by atoms with Crippen LogP contribution in [0, 0.1) is 0 Å². The summed E-state index contributed by atoms with van der Waals surface area (Å²) in [4.78, 5) is 7.28. The van der Waals surface area contributed by atoms with Crippen LogP contribution in [0.25, 0.3) is 0 Å². The molecule has 2 aromatic rings. The first-order valence-electron chi connectivity index (χ1n) is 10.1. The minimum absolute atomic E-state index is 0.290. The Balaban J connectivity index is 1.72. The quantitative estimate of drug-likeness (QED) is 0.540. The number of guanidine groups is 1. The van der Waals surface area contributed by atoms with Crippen LogP contribution in [0.4, 0.5) is 0 Å². The number of likely N-dealkylation sites (tertiary alicyclic amines) is 1. The molecule has 1 aromatic heterocycles. The zero-order valence-electron chi connectivity index (χ0n) is 17.2. The number of nitrogens with one attached hydrogen (secondary N) is 2. The lowest BCUT2D eigenvalue weighted by Crippen LogP contribution is -2.42. The van der Waals surface area contributed by atoms with Crippen LogP contribution in [0.2, 0.25) is 0 Å². The molecule has 7 heteroatoms. The molecule has 3 rings (SSSR count). The van der Waals surface area contributed by atoms with Gasteiger partial charge in [0, 0.05) is 26.3 Å². The summed E-state index contributed by atoms with van der Waals surface area (Å²) in [6.07, 6.45) is 4.32. The Hall–Kier alpha value is -2.54. The molecule has 0 bridgehead atoms. The topological polar surface area (TPSA) is 66.7 Å². The molecule has 28 heavy (non-hydrogen) atoms. The van der Waals surface area contributed by atoms with Gasteiger partial charge in [0.1, 0.15) is 5.75 Å². The SMILES string of the molecule is CCNC(=NCc1ccnn1C)NCC(c1cccc(OC)c1)N1CCCC1. The van der Waals surface area contributed by atoms with Gasteiger partial charge in [-0.15, -0.1) is 0 Å². The molecule has 2 heterocycles. The monoisotopic (exact) mass is 384 g/mol. The van der Waals surface area contributed by atoms with E-state index in [1.54, 1.807) is 13.3 Å². The Morgan fingerprint density at radius 2 is 2.07 bits per heavy atom. The van der Waals surface area contributed by atoms with Crippen LogP contribution < -0.4 is 15.4 Å². The summed E-state index contributed by atoms with van der Waals surface area (Å²) in [6.45, 7) is 6.56. The van der Waals surface area contributed by atoms with E-state index in [9.17, 15) is 0 Å². The summed E-state index contributed by atoms with van der Waals surface area (Å²) in [5, 5.41) is 11.1. The van der Waals surface area contributed by atoms with E-state index in [1.807, 2.05) is 23.9 Å². The minimum Gasteiger partial charge on any atom is -0.497 e. The van der Waals surface area contributed by atoms with Crippen LogP contribution >= 0.6 is 0 Å². The third kappa shape index (κ3) is 5.25. The number of rotatable bonds is 8. The third-order valence-corrected chi connectivity index (χ3v) is 5.19. The van der Waals surface area contributed by atoms with E-state index in [0.29, 0.717) is 6.54 Å². The van der Waals surface area contributed by atoms with Gasteiger partial charge in [-0.1, -0.05) is 12.1 Å². The molecule has 1 unspecified atom stereocenters. The Kier molecular flexibility index (Phi) is 7.31. The Labute approximate surface area is 167 Å². The fourth-order valence-electron chi connectivity index (χ4n) is 3.61. The molecule has 0 spiro atoms. The highest BCUT2D eigenvalue weighted by Gasteiger charge is 2.24. The van der Waals surface area contributed by atoms with Crippen LogP contribution in [-0.2, 0) is 13.6 Å². The smallest absolute Gasteiger partial charge is 0.191 e. The van der Waals surface area contributed by atoms with E-state index in [0.717, 1.165) is 43.6 Å². The molecule has 0 saturated carbocycles. The first-order chi connectivity index (χ1) is 13.7. The van der Waals surface area contributed by atoms with Gasteiger partial charge >= 0.3 is 0 Å². The fourth-order valence-corrected chi connectivity index (χ4v) is 3.61. The number of nitrogens with zero attached hydrogens (tertiary/aromatic N) is 4. The molecular formula is C21H32N6O. The van der Waals surface area contributed by atoms with Crippen LogP contribution in [0.5, 0.6) is 5.75 Å². The number of hydrogen-bond acceptors (Lipinski definition) is 4. The number of aromatic nitrogens is 2. The molecule has 7 nitrogen and oxygen atoms in total. The molecule has 0 aliphatic carbocycles. The molecule has 152 valence electrons. The van der Waals surface area contributed by atoms with E-state index in [1.165, 1.54) is 18.4 Å². The maximum absolute atomic E-state index is 5.44. The van der Waals surface area contributed by atoms with Crippen molar-refractivity contribution in [2.75, 3.05) is 33.3 Å². The number of benzene rings is 1. The van der Waals surface area contributed by atoms with Gasteiger partial charge in [-0.05, 0) is 56.6 Å². The summed E-state index contributed by atoms with van der Waals surface area (Å²) < 4.78 is 7.30. The number of hydrogen-bond donors (Lipinski definition) is 2. The average molecular weight is 385 g/mol. The molecule has 1 aliphatic rings. The van der Waals surface area contributed by atoms with Crippen molar-refractivity contribution in [1.29, 1.82) is 0 Å². The Bertz CT molecular complexity index is 766. The van der Waals surface area contributed by atoms with Gasteiger partial charge in [0.05, 0.1) is 25.4 Å². The largest absolute Gasteiger partial charge is 0.497 e. The Morgan fingerprint density at radius 3 is 2.75 bits per heavy atom. The summed E-state index contributed by atoms with van der Waals surface area (Å²) in [7, 11) is 3.66. The van der Waals surface area contributed by atoms with E-state index >= 15 is 0 Å². The van der Waals surface area contributed by atoms with Gasteiger partial charge in [0.15, 0.2) is 5.96 Å². The second-order valence-electron chi connectivity index (χ2n) is 7.06. The van der Waals surface area contributed by atoms with Gasteiger partial charge < -0.3 is 15.4 Å². The second-order valence-corrected chi connectivity index (χ2v) is 7.06. The summed E-state index contributed by atoms with van der Waals surface area (Å²) >= 11 is 0. The van der Waals surface area contributed by atoms with Crippen molar-refractivity contribution in [1.82, 2.24) is 25.3 Å². The first kappa shape index (κ1) is 20.2. The zero-order valence-corrected chi connectivity index (χ0v) is 17.2. The summed E-state index contributed by atoms with van der Waals surface area (Å²) in [5.74, 6) is 1.73. The van der Waals surface area contributed by atoms with Gasteiger partial charge in [-0.3, -0.25) is 9.58 Å². The Morgan fingerprint density at radius 1 is 1.25 bits per heavy atom. The van der Waals surface area contributed by atoms with E-state index in [2.05, 4.69) is 45.8 Å². The third-order valence-electron chi connectivity index (χ3n) is 5.19. The highest BCUT2D eigenvalue weighted by atomic mass is 16.5. The van der Waals surface area contributed by atoms with Crippen molar-refractivity contribution in [3.8, 4) is 5.75 Å². The van der Waals surface area contributed by atoms with Crippen molar-refractivity contribution in [2.45, 2.75) is 32.4 Å². The maximum atomic E-state index is 5.44. The number of ether oxygens (including phenoxy) is 1. The molecular weight excluding hydrogens is 352 g/mol. The van der Waals surface area contributed by atoms with E-state index < -0.39 is 0 Å². The lowest BCUT2D eigenvalue weighted by molar-refractivity contribution is 0.245. The molecule has 0 amide bonds. The average Bonchev–Trinajstić information content (AvgIpc) is 3.38. The van der Waals surface area contributed by atoms with Crippen LogP contribution in [0.3, 0.4) is 0 Å². The van der Waals surface area contributed by atoms with Crippen LogP contribution in [0.15, 0.2) is 41.5 Å². The van der Waals surface area contributed by atoms with Crippen molar-refractivity contribution in [2.24, 2.45) is 12.0 Å². The predicted octanol–water partition coefficient (Wildman–Crippen LogP) is 2.32.